The molecule has 0 amide bonds. The molecule has 0 aromatic heterocycles. The van der Waals surface area contributed by atoms with E-state index < -0.39 is 0 Å². The third kappa shape index (κ3) is 8.23. The Morgan fingerprint density at radius 1 is 0.844 bits per heavy atom. The van der Waals surface area contributed by atoms with E-state index in [-0.39, 0.29) is 0 Å². The van der Waals surface area contributed by atoms with Crippen LogP contribution in [0.5, 0.6) is 5.75 Å². The Kier molecular flexibility index (Phi) is 10.5. The number of benzene rings is 2. The van der Waals surface area contributed by atoms with E-state index in [0.717, 1.165) is 24.3 Å². The summed E-state index contributed by atoms with van der Waals surface area (Å²) in [5.41, 5.74) is 4.00. The first-order chi connectivity index (χ1) is 15.8. The summed E-state index contributed by atoms with van der Waals surface area (Å²) in [4.78, 5) is 0. The highest BCUT2D eigenvalue weighted by atomic mass is 16.5. The average Bonchev–Trinajstić information content (AvgIpc) is 2.84. The molecule has 1 heteroatoms. The summed E-state index contributed by atoms with van der Waals surface area (Å²) in [6.07, 6.45) is 16.8. The zero-order valence-electron chi connectivity index (χ0n) is 20.1. The standard InChI is InChI=1S/C31H40O/c1-3-5-7-10-26-13-15-27(16-14-26)11-8-9-12-28-17-19-29(20-18-28)30-21-23-31(24-22-30)32-25-6-4-2/h9,12-16,21-24,28-29H,3-7,10,17-20,25H2,1-2H3/b12-9+/t28-,29-. The predicted octanol–water partition coefficient (Wildman–Crippen LogP) is 8.48. The maximum Gasteiger partial charge on any atom is 0.119 e. The minimum absolute atomic E-state index is 0.665. The maximum atomic E-state index is 5.80. The van der Waals surface area contributed by atoms with E-state index in [9.17, 15) is 0 Å². The second-order valence-corrected chi connectivity index (χ2v) is 9.17. The lowest BCUT2D eigenvalue weighted by molar-refractivity contribution is 0.309. The van der Waals surface area contributed by atoms with Gasteiger partial charge < -0.3 is 4.74 Å². The van der Waals surface area contributed by atoms with Crippen LogP contribution >= 0.6 is 0 Å². The van der Waals surface area contributed by atoms with Crippen molar-refractivity contribution in [2.45, 2.75) is 84.0 Å². The Morgan fingerprint density at radius 3 is 2.25 bits per heavy atom. The van der Waals surface area contributed by atoms with Gasteiger partial charge in [0.1, 0.15) is 5.75 Å². The molecule has 1 aliphatic carbocycles. The summed E-state index contributed by atoms with van der Waals surface area (Å²) < 4.78 is 5.80. The van der Waals surface area contributed by atoms with Crippen LogP contribution in [0.4, 0.5) is 0 Å². The molecule has 3 rings (SSSR count). The summed E-state index contributed by atoms with van der Waals surface area (Å²) in [6, 6.07) is 17.6. The molecule has 0 heterocycles. The second-order valence-electron chi connectivity index (χ2n) is 9.17. The van der Waals surface area contributed by atoms with Gasteiger partial charge in [0.05, 0.1) is 6.61 Å². The van der Waals surface area contributed by atoms with Crippen LogP contribution in [-0.2, 0) is 6.42 Å². The highest BCUT2D eigenvalue weighted by molar-refractivity contribution is 5.38. The van der Waals surface area contributed by atoms with Crippen molar-refractivity contribution in [1.29, 1.82) is 0 Å². The van der Waals surface area contributed by atoms with Gasteiger partial charge in [-0.2, -0.15) is 0 Å². The zero-order valence-corrected chi connectivity index (χ0v) is 20.1. The van der Waals surface area contributed by atoms with Crippen LogP contribution < -0.4 is 4.74 Å². The molecule has 2 aromatic rings. The van der Waals surface area contributed by atoms with Crippen LogP contribution in [0.15, 0.2) is 60.7 Å². The molecule has 1 aliphatic rings. The van der Waals surface area contributed by atoms with Crippen molar-refractivity contribution < 1.29 is 4.74 Å². The number of aryl methyl sites for hydroxylation is 1. The molecule has 2 aromatic carbocycles. The van der Waals surface area contributed by atoms with Crippen LogP contribution in [0.25, 0.3) is 0 Å². The number of ether oxygens (including phenoxy) is 1. The lowest BCUT2D eigenvalue weighted by Gasteiger charge is -2.27. The first kappa shape index (κ1) is 24.2. The van der Waals surface area contributed by atoms with Gasteiger partial charge >= 0.3 is 0 Å². The summed E-state index contributed by atoms with van der Waals surface area (Å²) in [5.74, 6) is 8.89. The molecule has 0 bridgehead atoms. The van der Waals surface area contributed by atoms with Crippen molar-refractivity contribution in [3.05, 3.63) is 77.4 Å². The van der Waals surface area contributed by atoms with Crippen molar-refractivity contribution in [3.63, 3.8) is 0 Å². The molecule has 170 valence electrons. The topological polar surface area (TPSA) is 9.23 Å². The van der Waals surface area contributed by atoms with Crippen molar-refractivity contribution in [2.75, 3.05) is 6.61 Å². The highest BCUT2D eigenvalue weighted by Crippen LogP contribution is 2.36. The SMILES string of the molecule is CCCCCc1ccc(C#C/C=C/[C@H]2CC[C@H](c3ccc(OCCCC)cc3)CC2)cc1. The maximum absolute atomic E-state index is 5.80. The summed E-state index contributed by atoms with van der Waals surface area (Å²) in [7, 11) is 0. The molecule has 0 unspecified atom stereocenters. The fraction of sp³-hybridized carbons (Fsp3) is 0.484. The Hall–Kier alpha value is -2.46. The van der Waals surface area contributed by atoms with Gasteiger partial charge in [-0.3, -0.25) is 0 Å². The van der Waals surface area contributed by atoms with Crippen LogP contribution in [0, 0.1) is 17.8 Å². The number of hydrogen-bond acceptors (Lipinski definition) is 1. The Balaban J connectivity index is 1.40. The van der Waals surface area contributed by atoms with E-state index in [1.54, 1.807) is 0 Å². The summed E-state index contributed by atoms with van der Waals surface area (Å²) in [6.45, 7) is 5.26. The minimum Gasteiger partial charge on any atom is -0.494 e. The van der Waals surface area contributed by atoms with E-state index in [4.69, 9.17) is 4.74 Å². The zero-order chi connectivity index (χ0) is 22.4. The van der Waals surface area contributed by atoms with E-state index in [0.29, 0.717) is 11.8 Å². The Bertz CT molecular complexity index is 855. The smallest absolute Gasteiger partial charge is 0.119 e. The lowest BCUT2D eigenvalue weighted by atomic mass is 9.78. The molecule has 1 saturated carbocycles. The Morgan fingerprint density at radius 2 is 1.56 bits per heavy atom. The van der Waals surface area contributed by atoms with Gasteiger partial charge in [-0.1, -0.05) is 75.3 Å². The normalized spacial score (nSPS) is 18.3. The van der Waals surface area contributed by atoms with Crippen molar-refractivity contribution in [3.8, 4) is 17.6 Å². The van der Waals surface area contributed by atoms with Gasteiger partial charge in [0, 0.05) is 5.56 Å². The molecule has 32 heavy (non-hydrogen) atoms. The van der Waals surface area contributed by atoms with Gasteiger partial charge in [0.2, 0.25) is 0 Å². The quantitative estimate of drug-likeness (QED) is 0.272. The molecule has 1 nitrogen and oxygen atoms in total. The van der Waals surface area contributed by atoms with Crippen molar-refractivity contribution >= 4 is 0 Å². The van der Waals surface area contributed by atoms with Crippen LogP contribution in [-0.4, -0.2) is 6.61 Å². The molecular weight excluding hydrogens is 388 g/mol. The fourth-order valence-electron chi connectivity index (χ4n) is 4.46. The van der Waals surface area contributed by atoms with Crippen molar-refractivity contribution in [1.82, 2.24) is 0 Å². The fourth-order valence-corrected chi connectivity index (χ4v) is 4.46. The first-order valence-corrected chi connectivity index (χ1v) is 12.8. The molecule has 0 saturated heterocycles. The monoisotopic (exact) mass is 428 g/mol. The van der Waals surface area contributed by atoms with E-state index in [2.05, 4.69) is 86.4 Å². The third-order valence-electron chi connectivity index (χ3n) is 6.58. The average molecular weight is 429 g/mol. The van der Waals surface area contributed by atoms with Gasteiger partial charge in [0.15, 0.2) is 0 Å². The minimum atomic E-state index is 0.665. The molecule has 0 aliphatic heterocycles. The van der Waals surface area contributed by atoms with Crippen molar-refractivity contribution in [2.24, 2.45) is 5.92 Å². The molecule has 0 spiro atoms. The number of unbranched alkanes of at least 4 members (excludes halogenated alkanes) is 3. The predicted molar refractivity (Wildman–Crippen MR) is 137 cm³/mol. The third-order valence-corrected chi connectivity index (χ3v) is 6.58. The molecule has 0 N–H and O–H groups in total. The van der Waals surface area contributed by atoms with E-state index in [1.807, 2.05) is 0 Å². The Labute approximate surface area is 196 Å². The molecule has 0 radical (unpaired) electrons. The highest BCUT2D eigenvalue weighted by Gasteiger charge is 2.20. The van der Waals surface area contributed by atoms with Gasteiger partial charge in [0.25, 0.3) is 0 Å². The summed E-state index contributed by atoms with van der Waals surface area (Å²) >= 11 is 0. The van der Waals surface area contributed by atoms with Gasteiger partial charge in [-0.05, 0) is 98.2 Å². The number of rotatable bonds is 10. The first-order valence-electron chi connectivity index (χ1n) is 12.8. The molecule has 1 fully saturated rings. The van der Waals surface area contributed by atoms with E-state index in [1.165, 1.54) is 68.9 Å². The van der Waals surface area contributed by atoms with Crippen LogP contribution in [0.2, 0.25) is 0 Å². The van der Waals surface area contributed by atoms with E-state index >= 15 is 0 Å². The van der Waals surface area contributed by atoms with Gasteiger partial charge in [-0.25, -0.2) is 0 Å². The molecule has 0 atom stereocenters. The van der Waals surface area contributed by atoms with Crippen LogP contribution in [0.1, 0.15) is 94.2 Å². The van der Waals surface area contributed by atoms with Crippen LogP contribution in [0.3, 0.4) is 0 Å². The second kappa shape index (κ2) is 13.8. The lowest BCUT2D eigenvalue weighted by Crippen LogP contribution is -2.11. The largest absolute Gasteiger partial charge is 0.494 e. The summed E-state index contributed by atoms with van der Waals surface area (Å²) in [5, 5.41) is 0. The number of allylic oxidation sites excluding steroid dienone is 2. The van der Waals surface area contributed by atoms with Gasteiger partial charge in [-0.15, -0.1) is 0 Å². The number of hydrogen-bond donors (Lipinski definition) is 0. The molecular formula is C31H40O.